The number of ether oxygens (including phenoxy) is 1. The number of hydrogen-bond donors (Lipinski definition) is 1. The van der Waals surface area contributed by atoms with E-state index in [4.69, 9.17) is 9.84 Å². The van der Waals surface area contributed by atoms with Gasteiger partial charge < -0.3 is 14.7 Å². The van der Waals surface area contributed by atoms with E-state index in [-0.39, 0.29) is 11.9 Å². The van der Waals surface area contributed by atoms with Gasteiger partial charge in [0.05, 0.1) is 18.9 Å². The van der Waals surface area contributed by atoms with Crippen LogP contribution in [0.3, 0.4) is 0 Å². The summed E-state index contributed by atoms with van der Waals surface area (Å²) in [7, 11) is 1.55. The Balaban J connectivity index is 2.59. The lowest BCUT2D eigenvalue weighted by molar-refractivity contribution is -0.149. The van der Waals surface area contributed by atoms with E-state index in [0.29, 0.717) is 26.0 Å². The fourth-order valence-corrected chi connectivity index (χ4v) is 2.16. The molecule has 0 bridgehead atoms. The van der Waals surface area contributed by atoms with Crippen LogP contribution in [0.2, 0.25) is 0 Å². The van der Waals surface area contributed by atoms with Gasteiger partial charge in [-0.05, 0) is 19.8 Å². The molecule has 0 aliphatic carbocycles. The van der Waals surface area contributed by atoms with Crippen molar-refractivity contribution in [2.45, 2.75) is 32.2 Å². The second-order valence-corrected chi connectivity index (χ2v) is 4.16. The maximum atomic E-state index is 11.8. The Hall–Kier alpha value is -1.10. The third-order valence-corrected chi connectivity index (χ3v) is 3.15. The number of carboxylic acid groups (broad SMARTS) is 1. The van der Waals surface area contributed by atoms with Gasteiger partial charge >= 0.3 is 5.97 Å². The number of carbonyl (C=O) groups excluding carboxylic acids is 1. The molecule has 1 heterocycles. The predicted molar refractivity (Wildman–Crippen MR) is 58.0 cm³/mol. The highest BCUT2D eigenvalue weighted by Gasteiger charge is 2.34. The van der Waals surface area contributed by atoms with Crippen LogP contribution >= 0.6 is 0 Å². The maximum absolute atomic E-state index is 11.8. The topological polar surface area (TPSA) is 66.8 Å². The largest absolute Gasteiger partial charge is 0.481 e. The summed E-state index contributed by atoms with van der Waals surface area (Å²) in [5.74, 6) is -1.25. The van der Waals surface area contributed by atoms with Gasteiger partial charge in [-0.25, -0.2) is 0 Å². The number of nitrogens with zero attached hydrogens (tertiary/aromatic N) is 1. The molecule has 0 saturated carbocycles. The molecule has 2 atom stereocenters. The van der Waals surface area contributed by atoms with Crippen molar-refractivity contribution in [2.75, 3.05) is 20.3 Å². The summed E-state index contributed by atoms with van der Waals surface area (Å²) in [6, 6.07) is -0.212. The minimum Gasteiger partial charge on any atom is -0.481 e. The molecule has 0 aromatic carbocycles. The first-order valence-corrected chi connectivity index (χ1v) is 5.59. The minimum atomic E-state index is -0.809. The fourth-order valence-electron chi connectivity index (χ4n) is 2.16. The first-order valence-electron chi connectivity index (χ1n) is 5.59. The van der Waals surface area contributed by atoms with Crippen LogP contribution in [0.5, 0.6) is 0 Å². The third kappa shape index (κ3) is 2.95. The van der Waals surface area contributed by atoms with Crippen LogP contribution in [0.1, 0.15) is 26.2 Å². The molecule has 16 heavy (non-hydrogen) atoms. The van der Waals surface area contributed by atoms with E-state index >= 15 is 0 Å². The Morgan fingerprint density at radius 1 is 1.50 bits per heavy atom. The van der Waals surface area contributed by atoms with Crippen molar-refractivity contribution in [1.29, 1.82) is 0 Å². The van der Waals surface area contributed by atoms with E-state index in [9.17, 15) is 9.59 Å². The van der Waals surface area contributed by atoms with E-state index in [1.807, 2.05) is 6.92 Å². The normalized spacial score (nSPS) is 25.5. The number of carboxylic acids is 1. The highest BCUT2D eigenvalue weighted by atomic mass is 16.5. The van der Waals surface area contributed by atoms with Crippen molar-refractivity contribution in [3.05, 3.63) is 0 Å². The van der Waals surface area contributed by atoms with Gasteiger partial charge in [-0.15, -0.1) is 0 Å². The number of piperidine rings is 1. The molecule has 1 fully saturated rings. The molecule has 1 aliphatic heterocycles. The number of carbonyl (C=O) groups is 2. The standard InChI is InChI=1S/C11H19NO4/c1-8-9(11(14)15)4-3-6-12(8)10(13)5-7-16-2/h8-9H,3-7H2,1-2H3,(H,14,15)/t8-,9-/m0/s1. The summed E-state index contributed by atoms with van der Waals surface area (Å²) >= 11 is 0. The number of methoxy groups -OCH3 is 1. The lowest BCUT2D eigenvalue weighted by Gasteiger charge is -2.37. The molecule has 1 amide bonds. The quantitative estimate of drug-likeness (QED) is 0.772. The molecule has 0 radical (unpaired) electrons. The second-order valence-electron chi connectivity index (χ2n) is 4.16. The van der Waals surface area contributed by atoms with E-state index in [1.165, 1.54) is 0 Å². The molecule has 1 N–H and O–H groups in total. The number of amides is 1. The Labute approximate surface area is 95.4 Å². The summed E-state index contributed by atoms with van der Waals surface area (Å²) < 4.78 is 4.85. The molecular formula is C11H19NO4. The van der Waals surface area contributed by atoms with Gasteiger partial charge in [0.2, 0.25) is 5.91 Å². The van der Waals surface area contributed by atoms with E-state index in [0.717, 1.165) is 6.42 Å². The Morgan fingerprint density at radius 3 is 2.75 bits per heavy atom. The number of aliphatic carboxylic acids is 1. The van der Waals surface area contributed by atoms with E-state index in [1.54, 1.807) is 12.0 Å². The van der Waals surface area contributed by atoms with Gasteiger partial charge in [-0.1, -0.05) is 0 Å². The van der Waals surface area contributed by atoms with Crippen molar-refractivity contribution in [2.24, 2.45) is 5.92 Å². The van der Waals surface area contributed by atoms with Crippen LogP contribution in [0, 0.1) is 5.92 Å². The summed E-state index contributed by atoms with van der Waals surface area (Å²) in [5, 5.41) is 9.02. The van der Waals surface area contributed by atoms with Crippen molar-refractivity contribution >= 4 is 11.9 Å². The highest BCUT2D eigenvalue weighted by Crippen LogP contribution is 2.24. The van der Waals surface area contributed by atoms with Gasteiger partial charge in [0.1, 0.15) is 0 Å². The molecule has 5 heteroatoms. The average Bonchev–Trinajstić information content (AvgIpc) is 2.25. The number of likely N-dealkylation sites (tertiary alicyclic amines) is 1. The van der Waals surface area contributed by atoms with Crippen LogP contribution in [0.25, 0.3) is 0 Å². The van der Waals surface area contributed by atoms with Gasteiger partial charge in [0.15, 0.2) is 0 Å². The van der Waals surface area contributed by atoms with Crippen LogP contribution in [0.15, 0.2) is 0 Å². The molecule has 1 aliphatic rings. The fraction of sp³-hybridized carbons (Fsp3) is 0.818. The molecule has 5 nitrogen and oxygen atoms in total. The van der Waals surface area contributed by atoms with Gasteiger partial charge in [0.25, 0.3) is 0 Å². The SMILES string of the molecule is COCCC(=O)N1CCC[C@H](C(=O)O)[C@@H]1C. The molecule has 0 aromatic rings. The third-order valence-electron chi connectivity index (χ3n) is 3.15. The summed E-state index contributed by atoms with van der Waals surface area (Å²) in [5.41, 5.74) is 0. The van der Waals surface area contributed by atoms with Crippen LogP contribution in [-0.4, -0.2) is 48.2 Å². The molecule has 0 aromatic heterocycles. The lowest BCUT2D eigenvalue weighted by atomic mass is 9.90. The zero-order valence-corrected chi connectivity index (χ0v) is 9.81. The maximum Gasteiger partial charge on any atom is 0.308 e. The first kappa shape index (κ1) is 13.0. The van der Waals surface area contributed by atoms with Crippen molar-refractivity contribution in [3.8, 4) is 0 Å². The molecule has 1 saturated heterocycles. The Bertz CT molecular complexity index is 267. The van der Waals surface area contributed by atoms with E-state index in [2.05, 4.69) is 0 Å². The average molecular weight is 229 g/mol. The molecule has 0 unspecified atom stereocenters. The predicted octanol–water partition coefficient (Wildman–Crippen LogP) is 0.735. The number of rotatable bonds is 4. The molecule has 1 rings (SSSR count). The monoisotopic (exact) mass is 229 g/mol. The smallest absolute Gasteiger partial charge is 0.308 e. The van der Waals surface area contributed by atoms with Gasteiger partial charge in [-0.3, -0.25) is 9.59 Å². The zero-order chi connectivity index (χ0) is 12.1. The summed E-state index contributed by atoms with van der Waals surface area (Å²) in [6.07, 6.45) is 1.75. The highest BCUT2D eigenvalue weighted by molar-refractivity contribution is 5.78. The first-order chi connectivity index (χ1) is 7.57. The van der Waals surface area contributed by atoms with Crippen molar-refractivity contribution in [3.63, 3.8) is 0 Å². The van der Waals surface area contributed by atoms with Crippen molar-refractivity contribution < 1.29 is 19.4 Å². The van der Waals surface area contributed by atoms with E-state index < -0.39 is 11.9 Å². The minimum absolute atomic E-state index is 0.0136. The van der Waals surface area contributed by atoms with Crippen LogP contribution in [0.4, 0.5) is 0 Å². The van der Waals surface area contributed by atoms with Crippen LogP contribution < -0.4 is 0 Å². The van der Waals surface area contributed by atoms with Gasteiger partial charge in [0, 0.05) is 19.7 Å². The molecule has 92 valence electrons. The van der Waals surface area contributed by atoms with Gasteiger partial charge in [-0.2, -0.15) is 0 Å². The molecular weight excluding hydrogens is 210 g/mol. The lowest BCUT2D eigenvalue weighted by Crippen LogP contribution is -2.49. The molecule has 0 spiro atoms. The second kappa shape index (κ2) is 5.84. The Morgan fingerprint density at radius 2 is 2.19 bits per heavy atom. The zero-order valence-electron chi connectivity index (χ0n) is 9.81. The summed E-state index contributed by atoms with van der Waals surface area (Å²) in [4.78, 5) is 24.4. The summed E-state index contributed by atoms with van der Waals surface area (Å²) in [6.45, 7) is 2.86. The van der Waals surface area contributed by atoms with Crippen molar-refractivity contribution in [1.82, 2.24) is 4.90 Å². The number of hydrogen-bond acceptors (Lipinski definition) is 3. The van der Waals surface area contributed by atoms with Crippen LogP contribution in [-0.2, 0) is 14.3 Å². The Kier molecular flexibility index (Phi) is 4.73.